The Hall–Kier alpha value is 0.270. The topological polar surface area (TPSA) is 33.0 Å². The lowest BCUT2D eigenvalue weighted by Gasteiger charge is -2.09. The van der Waals surface area contributed by atoms with Crippen molar-refractivity contribution < 1.29 is 4.74 Å². The third-order valence-electron chi connectivity index (χ3n) is 0.782. The molecular formula is C5H12NOS. The molecule has 0 aromatic heterocycles. The molecule has 1 N–H and O–H groups in total. The van der Waals surface area contributed by atoms with E-state index in [1.807, 2.05) is 13.2 Å². The van der Waals surface area contributed by atoms with E-state index in [2.05, 4.69) is 0 Å². The minimum atomic E-state index is 0.0833. The third kappa shape index (κ3) is 3.29. The van der Waals surface area contributed by atoms with E-state index in [4.69, 9.17) is 10.5 Å². The van der Waals surface area contributed by atoms with Crippen molar-refractivity contribution in [3.63, 3.8) is 0 Å². The summed E-state index contributed by atoms with van der Waals surface area (Å²) in [5.41, 5.74) is 7.00. The summed E-state index contributed by atoms with van der Waals surface area (Å²) >= 11 is 1.58. The third-order valence-corrected chi connectivity index (χ3v) is 1.61. The number of hydrogen-bond acceptors (Lipinski definition) is 2. The lowest BCUT2D eigenvalue weighted by atomic mass is 10.7. The van der Waals surface area contributed by atoms with Crippen LogP contribution in [0.5, 0.6) is 0 Å². The maximum absolute atomic E-state index is 6.92. The zero-order chi connectivity index (χ0) is 6.41. The second-order valence-electron chi connectivity index (χ2n) is 1.32. The van der Waals surface area contributed by atoms with E-state index in [9.17, 15) is 0 Å². The van der Waals surface area contributed by atoms with Crippen LogP contribution in [0, 0.1) is 0 Å². The Morgan fingerprint density at radius 3 is 2.50 bits per heavy atom. The normalized spacial score (nSPS) is 13.9. The molecule has 8 heavy (non-hydrogen) atoms. The van der Waals surface area contributed by atoms with Crippen LogP contribution in [0.2, 0.25) is 0 Å². The summed E-state index contributed by atoms with van der Waals surface area (Å²) < 4.78 is 5.12. The Labute approximate surface area is 54.8 Å². The van der Waals surface area contributed by atoms with Crippen LogP contribution in [-0.4, -0.2) is 24.8 Å². The summed E-state index contributed by atoms with van der Waals surface area (Å²) in [5, 5.41) is 0. The molecule has 0 aliphatic heterocycles. The van der Waals surface area contributed by atoms with Crippen molar-refractivity contribution in [2.75, 3.05) is 19.4 Å². The van der Waals surface area contributed by atoms with E-state index < -0.39 is 0 Å². The van der Waals surface area contributed by atoms with Gasteiger partial charge in [0.05, 0.1) is 0 Å². The smallest absolute Gasteiger partial charge is 0.116 e. The number of rotatable bonds is 4. The van der Waals surface area contributed by atoms with E-state index >= 15 is 0 Å². The molecule has 0 aliphatic carbocycles. The highest BCUT2D eigenvalue weighted by Crippen LogP contribution is 2.05. The highest BCUT2D eigenvalue weighted by Gasteiger charge is 2.00. The van der Waals surface area contributed by atoms with Crippen LogP contribution in [-0.2, 0) is 4.74 Å². The molecule has 0 heterocycles. The largest absolute Gasteiger partial charge is 0.366 e. The Morgan fingerprint density at radius 1 is 1.75 bits per heavy atom. The molecular weight excluding hydrogens is 122 g/mol. The minimum absolute atomic E-state index is 0.0833. The molecule has 0 saturated carbocycles. The fraction of sp³-hybridized carbons (Fsp3) is 1.00. The first kappa shape index (κ1) is 8.27. The number of hydrogen-bond donors (Lipinski definition) is 0. The maximum Gasteiger partial charge on any atom is 0.116 e. The Morgan fingerprint density at radius 2 is 2.38 bits per heavy atom. The van der Waals surface area contributed by atoms with Gasteiger partial charge < -0.3 is 4.74 Å². The fourth-order valence-corrected chi connectivity index (χ4v) is 0.835. The molecule has 0 bridgehead atoms. The highest BCUT2D eigenvalue weighted by molar-refractivity contribution is 7.99. The minimum Gasteiger partial charge on any atom is -0.366 e. The predicted octanol–water partition coefficient (Wildman–Crippen LogP) is 0.995. The van der Waals surface area contributed by atoms with Crippen LogP contribution >= 0.6 is 11.8 Å². The van der Waals surface area contributed by atoms with Gasteiger partial charge in [0.2, 0.25) is 0 Å². The quantitative estimate of drug-likeness (QED) is 0.537. The molecule has 0 amide bonds. The predicted molar refractivity (Wildman–Crippen MR) is 36.9 cm³/mol. The van der Waals surface area contributed by atoms with E-state index in [1.54, 1.807) is 11.8 Å². The van der Waals surface area contributed by atoms with E-state index in [0.29, 0.717) is 13.2 Å². The Balaban J connectivity index is 3.07. The van der Waals surface area contributed by atoms with E-state index in [0.717, 1.165) is 0 Å². The van der Waals surface area contributed by atoms with Gasteiger partial charge in [0.25, 0.3) is 0 Å². The zero-order valence-corrected chi connectivity index (χ0v) is 6.12. The van der Waals surface area contributed by atoms with E-state index in [-0.39, 0.29) is 5.44 Å². The van der Waals surface area contributed by atoms with Crippen LogP contribution in [0.15, 0.2) is 0 Å². The second-order valence-corrected chi connectivity index (χ2v) is 2.32. The molecule has 1 atom stereocenters. The molecule has 0 saturated heterocycles. The molecule has 3 heteroatoms. The molecule has 1 unspecified atom stereocenters. The zero-order valence-electron chi connectivity index (χ0n) is 5.31. The van der Waals surface area contributed by atoms with Crippen LogP contribution in [0.3, 0.4) is 0 Å². The molecule has 0 aliphatic rings. The summed E-state index contributed by atoms with van der Waals surface area (Å²) in [6.45, 7) is 3.01. The second kappa shape index (κ2) is 5.41. The lowest BCUT2D eigenvalue weighted by Crippen LogP contribution is -2.13. The van der Waals surface area contributed by atoms with Crippen molar-refractivity contribution >= 4 is 11.8 Å². The van der Waals surface area contributed by atoms with Crippen LogP contribution in [0.4, 0.5) is 0 Å². The van der Waals surface area contributed by atoms with Gasteiger partial charge in [0.15, 0.2) is 0 Å². The van der Waals surface area contributed by atoms with Gasteiger partial charge >= 0.3 is 0 Å². The van der Waals surface area contributed by atoms with Gasteiger partial charge in [-0.1, -0.05) is 0 Å². The molecule has 0 fully saturated rings. The highest BCUT2D eigenvalue weighted by atomic mass is 32.2. The molecule has 2 nitrogen and oxygen atoms in total. The van der Waals surface area contributed by atoms with Gasteiger partial charge in [-0.25, -0.2) is 0 Å². The van der Waals surface area contributed by atoms with Crippen molar-refractivity contribution in [2.45, 2.75) is 12.4 Å². The maximum atomic E-state index is 6.92. The number of thioether (sulfide) groups is 1. The Bertz CT molecular complexity index is 47.7. The van der Waals surface area contributed by atoms with Crippen molar-refractivity contribution in [1.29, 1.82) is 0 Å². The Kier molecular flexibility index (Phi) is 5.59. The molecule has 1 radical (unpaired) electrons. The summed E-state index contributed by atoms with van der Waals surface area (Å²) in [6, 6.07) is 0. The van der Waals surface area contributed by atoms with Crippen molar-refractivity contribution in [3.8, 4) is 0 Å². The SMILES string of the molecule is CCOC(C[NH])SC. The van der Waals surface area contributed by atoms with Gasteiger partial charge in [-0.3, -0.25) is 5.73 Å². The van der Waals surface area contributed by atoms with Crippen molar-refractivity contribution in [1.82, 2.24) is 5.73 Å². The van der Waals surface area contributed by atoms with Crippen molar-refractivity contribution in [2.24, 2.45) is 0 Å². The standard InChI is InChI=1S/C5H12NOS/c1-3-7-5(4-6)8-2/h5-6H,3-4H2,1-2H3. The lowest BCUT2D eigenvalue weighted by molar-refractivity contribution is 0.129. The van der Waals surface area contributed by atoms with Gasteiger partial charge in [0.1, 0.15) is 5.44 Å². The van der Waals surface area contributed by atoms with Crippen LogP contribution < -0.4 is 5.73 Å². The fourth-order valence-electron chi connectivity index (χ4n) is 0.396. The summed E-state index contributed by atoms with van der Waals surface area (Å²) in [7, 11) is 0. The van der Waals surface area contributed by atoms with Crippen LogP contribution in [0.25, 0.3) is 0 Å². The van der Waals surface area contributed by atoms with Gasteiger partial charge in [-0.15, -0.1) is 11.8 Å². The molecule has 0 aromatic rings. The van der Waals surface area contributed by atoms with Gasteiger partial charge in [-0.2, -0.15) is 0 Å². The molecule has 0 aromatic carbocycles. The molecule has 0 rings (SSSR count). The molecule has 49 valence electrons. The van der Waals surface area contributed by atoms with Gasteiger partial charge in [-0.05, 0) is 13.2 Å². The van der Waals surface area contributed by atoms with Crippen molar-refractivity contribution in [3.05, 3.63) is 0 Å². The first-order valence-corrected chi connectivity index (χ1v) is 3.93. The number of ether oxygens (including phenoxy) is 1. The average Bonchev–Trinajstić information content (AvgIpc) is 1.83. The van der Waals surface area contributed by atoms with Crippen LogP contribution in [0.1, 0.15) is 6.92 Å². The first-order chi connectivity index (χ1) is 3.85. The number of nitrogens with one attached hydrogen (secondary N) is 1. The van der Waals surface area contributed by atoms with Gasteiger partial charge in [0, 0.05) is 13.2 Å². The molecule has 0 spiro atoms. The summed E-state index contributed by atoms with van der Waals surface area (Å²) in [4.78, 5) is 0. The summed E-state index contributed by atoms with van der Waals surface area (Å²) in [6.07, 6.45) is 1.95. The van der Waals surface area contributed by atoms with E-state index in [1.165, 1.54) is 0 Å². The first-order valence-electron chi connectivity index (χ1n) is 2.64. The monoisotopic (exact) mass is 134 g/mol. The summed E-state index contributed by atoms with van der Waals surface area (Å²) in [5.74, 6) is 0. The average molecular weight is 134 g/mol.